The molecule has 8 aromatic carbocycles. The summed E-state index contributed by atoms with van der Waals surface area (Å²) in [4.78, 5) is 14.9. The van der Waals surface area contributed by atoms with Gasteiger partial charge in [-0.3, -0.25) is 0 Å². The molecule has 0 radical (unpaired) electrons. The third-order valence-corrected chi connectivity index (χ3v) is 11.2. The molecule has 0 aliphatic rings. The molecule has 0 bridgehead atoms. The Labute approximate surface area is 326 Å². The number of hydrogen-bond donors (Lipinski definition) is 0. The van der Waals surface area contributed by atoms with Gasteiger partial charge in [-0.05, 0) is 60.7 Å². The molecule has 0 unspecified atom stereocenters. The summed E-state index contributed by atoms with van der Waals surface area (Å²) in [6, 6.07) is 65.5. The number of para-hydroxylation sites is 3. The highest BCUT2D eigenvalue weighted by atomic mass is 16.3. The number of hydrogen-bond acceptors (Lipinski definition) is 4. The van der Waals surface area contributed by atoms with E-state index in [-0.39, 0.29) is 0 Å². The Morgan fingerprint density at radius 3 is 1.53 bits per heavy atom. The summed E-state index contributed by atoms with van der Waals surface area (Å²) in [5.41, 5.74) is 11.2. The van der Waals surface area contributed by atoms with Gasteiger partial charge in [-0.1, -0.05) is 127 Å². The number of benzene rings is 8. The van der Waals surface area contributed by atoms with E-state index in [1.165, 1.54) is 16.2 Å². The van der Waals surface area contributed by atoms with Crippen molar-refractivity contribution in [1.82, 2.24) is 24.1 Å². The molecule has 6 nitrogen and oxygen atoms in total. The molecule has 6 heteroatoms. The first-order valence-corrected chi connectivity index (χ1v) is 19.1. The maximum absolute atomic E-state index is 6.73. The largest absolute Gasteiger partial charge is 0.454 e. The minimum atomic E-state index is 0.625. The van der Waals surface area contributed by atoms with Gasteiger partial charge in [0.05, 0.1) is 22.1 Å². The molecule has 0 atom stereocenters. The first-order chi connectivity index (χ1) is 28.3. The minimum absolute atomic E-state index is 0.625. The van der Waals surface area contributed by atoms with Crippen LogP contribution in [0.1, 0.15) is 0 Å². The van der Waals surface area contributed by atoms with Gasteiger partial charge < -0.3 is 13.6 Å². The lowest BCUT2D eigenvalue weighted by atomic mass is 10.1. The summed E-state index contributed by atoms with van der Waals surface area (Å²) in [7, 11) is 0. The second kappa shape index (κ2) is 12.3. The lowest BCUT2D eigenvalue weighted by Gasteiger charge is -2.11. The van der Waals surface area contributed by atoms with Gasteiger partial charge in [0.1, 0.15) is 5.58 Å². The van der Waals surface area contributed by atoms with E-state index in [1.54, 1.807) is 0 Å². The molecule has 0 spiro atoms. The molecule has 12 aromatic rings. The lowest BCUT2D eigenvalue weighted by Crippen LogP contribution is -2.00. The van der Waals surface area contributed by atoms with E-state index in [4.69, 9.17) is 19.4 Å². The monoisotopic (exact) mass is 729 g/mol. The summed E-state index contributed by atoms with van der Waals surface area (Å²) in [5.74, 6) is 1.91. The van der Waals surface area contributed by atoms with Gasteiger partial charge in [0.2, 0.25) is 0 Å². The molecular formula is C51H31N5O. The fraction of sp³-hybridized carbons (Fsp3) is 0. The predicted octanol–water partition coefficient (Wildman–Crippen LogP) is 13.0. The summed E-state index contributed by atoms with van der Waals surface area (Å²) >= 11 is 0. The third-order valence-electron chi connectivity index (χ3n) is 11.2. The third kappa shape index (κ3) is 4.81. The standard InChI is InChI=1S/C51H31N5O/c1-4-14-32(15-5-1)49-52-50(33-16-6-2-7-17-33)54-51(53-49)34-24-26-36(27-25-34)55-42-22-12-10-20-37(42)39-30-31-43-45(46(39)55)41-29-28-40-38-21-11-13-23-44(38)57-48(40)47(41)56(43)35-18-8-3-9-19-35/h1-31H. The second-order valence-corrected chi connectivity index (χ2v) is 14.4. The van der Waals surface area contributed by atoms with Gasteiger partial charge in [0, 0.05) is 60.4 Å². The molecule has 4 aromatic heterocycles. The zero-order valence-electron chi connectivity index (χ0n) is 30.5. The molecule has 57 heavy (non-hydrogen) atoms. The maximum atomic E-state index is 6.73. The Morgan fingerprint density at radius 1 is 0.333 bits per heavy atom. The molecule has 266 valence electrons. The van der Waals surface area contributed by atoms with E-state index in [0.717, 1.165) is 77.5 Å². The van der Waals surface area contributed by atoms with Gasteiger partial charge in [-0.2, -0.15) is 0 Å². The van der Waals surface area contributed by atoms with Crippen LogP contribution >= 0.6 is 0 Å². The van der Waals surface area contributed by atoms with Crippen molar-refractivity contribution >= 4 is 65.6 Å². The number of fused-ring (bicyclic) bond motifs is 11. The average Bonchev–Trinajstić information content (AvgIpc) is 3.95. The van der Waals surface area contributed by atoms with Gasteiger partial charge in [0.15, 0.2) is 23.1 Å². The van der Waals surface area contributed by atoms with Crippen LogP contribution in [-0.2, 0) is 0 Å². The van der Waals surface area contributed by atoms with Crippen LogP contribution in [0.5, 0.6) is 0 Å². The molecule has 0 aliphatic heterocycles. The van der Waals surface area contributed by atoms with Gasteiger partial charge >= 0.3 is 0 Å². The molecule has 0 saturated carbocycles. The first kappa shape index (κ1) is 31.5. The second-order valence-electron chi connectivity index (χ2n) is 14.4. The van der Waals surface area contributed by atoms with Crippen LogP contribution in [0.25, 0.3) is 111 Å². The van der Waals surface area contributed by atoms with Crippen molar-refractivity contribution in [2.45, 2.75) is 0 Å². The lowest BCUT2D eigenvalue weighted by molar-refractivity contribution is 0.671. The van der Waals surface area contributed by atoms with Crippen LogP contribution in [0.4, 0.5) is 0 Å². The highest BCUT2D eigenvalue weighted by molar-refractivity contribution is 6.29. The van der Waals surface area contributed by atoms with Crippen LogP contribution in [0, 0.1) is 0 Å². The van der Waals surface area contributed by atoms with Gasteiger partial charge in [-0.25, -0.2) is 15.0 Å². The van der Waals surface area contributed by atoms with Crippen LogP contribution in [0.3, 0.4) is 0 Å². The van der Waals surface area contributed by atoms with Crippen LogP contribution in [-0.4, -0.2) is 24.1 Å². The fourth-order valence-electron chi connectivity index (χ4n) is 8.63. The van der Waals surface area contributed by atoms with E-state index < -0.39 is 0 Å². The van der Waals surface area contributed by atoms with Crippen LogP contribution in [0.2, 0.25) is 0 Å². The smallest absolute Gasteiger partial charge is 0.164 e. The van der Waals surface area contributed by atoms with Crippen molar-refractivity contribution in [2.24, 2.45) is 0 Å². The van der Waals surface area contributed by atoms with Gasteiger partial charge in [0.25, 0.3) is 0 Å². The maximum Gasteiger partial charge on any atom is 0.164 e. The quantitative estimate of drug-likeness (QED) is 0.177. The van der Waals surface area contributed by atoms with Crippen LogP contribution < -0.4 is 0 Å². The Morgan fingerprint density at radius 2 is 0.842 bits per heavy atom. The van der Waals surface area contributed by atoms with E-state index in [0.29, 0.717) is 17.5 Å². The number of rotatable bonds is 5. The predicted molar refractivity (Wildman–Crippen MR) is 232 cm³/mol. The van der Waals surface area contributed by atoms with Crippen LogP contribution in [0.15, 0.2) is 192 Å². The Kier molecular flexibility index (Phi) is 6.83. The van der Waals surface area contributed by atoms with Crippen molar-refractivity contribution in [3.63, 3.8) is 0 Å². The minimum Gasteiger partial charge on any atom is -0.454 e. The van der Waals surface area contributed by atoms with Gasteiger partial charge in [-0.15, -0.1) is 0 Å². The molecule has 0 fully saturated rings. The molecule has 0 amide bonds. The van der Waals surface area contributed by atoms with Crippen molar-refractivity contribution in [3.05, 3.63) is 188 Å². The topological polar surface area (TPSA) is 61.7 Å². The van der Waals surface area contributed by atoms with Crippen molar-refractivity contribution in [3.8, 4) is 45.5 Å². The van der Waals surface area contributed by atoms with E-state index in [9.17, 15) is 0 Å². The summed E-state index contributed by atoms with van der Waals surface area (Å²) in [5, 5.41) is 6.92. The van der Waals surface area contributed by atoms with E-state index in [1.807, 2.05) is 66.7 Å². The molecule has 4 heterocycles. The van der Waals surface area contributed by atoms with E-state index in [2.05, 4.69) is 130 Å². The Hall–Kier alpha value is -7.83. The summed E-state index contributed by atoms with van der Waals surface area (Å²) in [6.07, 6.45) is 0. The van der Waals surface area contributed by atoms with Crippen molar-refractivity contribution < 1.29 is 4.42 Å². The van der Waals surface area contributed by atoms with Crippen molar-refractivity contribution in [1.29, 1.82) is 0 Å². The number of aromatic nitrogens is 5. The summed E-state index contributed by atoms with van der Waals surface area (Å²) < 4.78 is 11.5. The van der Waals surface area contributed by atoms with Crippen molar-refractivity contribution in [2.75, 3.05) is 0 Å². The molecular weight excluding hydrogens is 699 g/mol. The fourth-order valence-corrected chi connectivity index (χ4v) is 8.63. The SMILES string of the molecule is c1ccc(-c2nc(-c3ccccc3)nc(-c3ccc(-n4c5ccccc5c5ccc6c(c7ccc8c9ccccc9oc8c7n6-c6ccccc6)c54)cc3)n2)cc1. The highest BCUT2D eigenvalue weighted by Crippen LogP contribution is 2.45. The number of nitrogens with zero attached hydrogens (tertiary/aromatic N) is 5. The molecule has 12 rings (SSSR count). The number of furan rings is 1. The van der Waals surface area contributed by atoms with E-state index >= 15 is 0 Å². The Bertz CT molecular complexity index is 3430. The first-order valence-electron chi connectivity index (χ1n) is 19.1. The zero-order chi connectivity index (χ0) is 37.5. The molecule has 0 saturated heterocycles. The normalized spacial score (nSPS) is 11.9. The zero-order valence-corrected chi connectivity index (χ0v) is 30.5. The molecule has 0 aliphatic carbocycles. The average molecular weight is 730 g/mol. The summed E-state index contributed by atoms with van der Waals surface area (Å²) in [6.45, 7) is 0. The molecule has 0 N–H and O–H groups in total. The highest BCUT2D eigenvalue weighted by Gasteiger charge is 2.24. The Balaban J connectivity index is 1.12.